The van der Waals surface area contributed by atoms with Crippen molar-refractivity contribution in [3.05, 3.63) is 59.9 Å². The number of nitrogens with zero attached hydrogens (tertiary/aromatic N) is 3. The fraction of sp³-hybridized carbons (Fsp3) is 0.0625. The summed E-state index contributed by atoms with van der Waals surface area (Å²) in [6.45, 7) is 0. The highest BCUT2D eigenvalue weighted by Crippen LogP contribution is 2.31. The van der Waals surface area contributed by atoms with Crippen molar-refractivity contribution in [1.29, 1.82) is 5.26 Å². The SMILES string of the molecule is N#Cc1ccc(Nc2nc(C(F)(F)F)nc3ccccc23)cc1. The standard InChI is InChI=1S/C16H9F3N4/c17-16(18,19)15-22-13-4-2-1-3-12(13)14(23-15)21-11-7-5-10(9-20)6-8-11/h1-8H,(H,21,22,23). The van der Waals surface area contributed by atoms with Crippen molar-refractivity contribution in [3.63, 3.8) is 0 Å². The topological polar surface area (TPSA) is 61.6 Å². The van der Waals surface area contributed by atoms with Crippen molar-refractivity contribution >= 4 is 22.4 Å². The van der Waals surface area contributed by atoms with Gasteiger partial charge >= 0.3 is 6.18 Å². The van der Waals surface area contributed by atoms with Crippen molar-refractivity contribution < 1.29 is 13.2 Å². The first-order chi connectivity index (χ1) is 11.0. The minimum absolute atomic E-state index is 0.0626. The van der Waals surface area contributed by atoms with Crippen LogP contribution in [0, 0.1) is 11.3 Å². The van der Waals surface area contributed by atoms with Gasteiger partial charge in [0.15, 0.2) is 0 Å². The number of nitrogens with one attached hydrogen (secondary N) is 1. The van der Waals surface area contributed by atoms with Crippen LogP contribution in [0.1, 0.15) is 11.4 Å². The van der Waals surface area contributed by atoms with Crippen molar-refractivity contribution in [1.82, 2.24) is 9.97 Å². The molecular formula is C16H9F3N4. The molecular weight excluding hydrogens is 305 g/mol. The Morgan fingerprint density at radius 3 is 2.30 bits per heavy atom. The van der Waals surface area contributed by atoms with E-state index in [1.165, 1.54) is 6.07 Å². The van der Waals surface area contributed by atoms with Crippen LogP contribution in [0.4, 0.5) is 24.7 Å². The molecule has 0 unspecified atom stereocenters. The maximum absolute atomic E-state index is 12.9. The first kappa shape index (κ1) is 14.8. The van der Waals surface area contributed by atoms with Crippen LogP contribution in [-0.2, 0) is 6.18 Å². The van der Waals surface area contributed by atoms with Crippen LogP contribution in [0.15, 0.2) is 48.5 Å². The number of hydrogen-bond acceptors (Lipinski definition) is 4. The molecule has 23 heavy (non-hydrogen) atoms. The van der Waals surface area contributed by atoms with Crippen LogP contribution in [0.2, 0.25) is 0 Å². The number of nitriles is 1. The lowest BCUT2D eigenvalue weighted by molar-refractivity contribution is -0.144. The fourth-order valence-electron chi connectivity index (χ4n) is 2.06. The van der Waals surface area contributed by atoms with E-state index in [1.54, 1.807) is 42.5 Å². The molecule has 0 radical (unpaired) electrons. The molecule has 0 atom stereocenters. The molecule has 0 spiro atoms. The van der Waals surface area contributed by atoms with Gasteiger partial charge in [0.25, 0.3) is 0 Å². The number of rotatable bonds is 2. The maximum Gasteiger partial charge on any atom is 0.451 e. The Labute approximate surface area is 129 Å². The summed E-state index contributed by atoms with van der Waals surface area (Å²) in [5.41, 5.74) is 1.19. The lowest BCUT2D eigenvalue weighted by Gasteiger charge is -2.12. The first-order valence-corrected chi connectivity index (χ1v) is 6.58. The molecule has 0 saturated carbocycles. The molecule has 0 bridgehead atoms. The molecule has 3 rings (SSSR count). The molecule has 1 heterocycles. The van der Waals surface area contributed by atoms with Gasteiger partial charge in [0.2, 0.25) is 5.82 Å². The monoisotopic (exact) mass is 314 g/mol. The summed E-state index contributed by atoms with van der Waals surface area (Å²) in [4.78, 5) is 7.15. The molecule has 0 saturated heterocycles. The van der Waals surface area contributed by atoms with Gasteiger partial charge in [0.1, 0.15) is 5.82 Å². The second-order valence-corrected chi connectivity index (χ2v) is 4.72. The van der Waals surface area contributed by atoms with E-state index in [0.29, 0.717) is 16.6 Å². The Morgan fingerprint density at radius 2 is 1.65 bits per heavy atom. The third kappa shape index (κ3) is 3.06. The van der Waals surface area contributed by atoms with Gasteiger partial charge in [-0.05, 0) is 36.4 Å². The third-order valence-corrected chi connectivity index (χ3v) is 3.13. The summed E-state index contributed by atoms with van der Waals surface area (Å²) >= 11 is 0. The molecule has 114 valence electrons. The zero-order valence-corrected chi connectivity index (χ0v) is 11.6. The lowest BCUT2D eigenvalue weighted by atomic mass is 10.2. The van der Waals surface area contributed by atoms with Crippen molar-refractivity contribution in [2.75, 3.05) is 5.32 Å². The zero-order valence-electron chi connectivity index (χ0n) is 11.6. The molecule has 7 heteroatoms. The number of alkyl halides is 3. The number of hydrogen-bond donors (Lipinski definition) is 1. The Bertz CT molecular complexity index is 896. The predicted octanol–water partition coefficient (Wildman–Crippen LogP) is 4.26. The van der Waals surface area contributed by atoms with Crippen LogP contribution in [0.5, 0.6) is 0 Å². The van der Waals surface area contributed by atoms with E-state index < -0.39 is 12.0 Å². The fourth-order valence-corrected chi connectivity index (χ4v) is 2.06. The summed E-state index contributed by atoms with van der Waals surface area (Å²) in [6, 6.07) is 14.8. The van der Waals surface area contributed by atoms with Gasteiger partial charge in [-0.15, -0.1) is 0 Å². The highest BCUT2D eigenvalue weighted by Gasteiger charge is 2.35. The Hall–Kier alpha value is -3.14. The first-order valence-electron chi connectivity index (χ1n) is 6.58. The Morgan fingerprint density at radius 1 is 0.957 bits per heavy atom. The van der Waals surface area contributed by atoms with E-state index >= 15 is 0 Å². The molecule has 0 aliphatic carbocycles. The van der Waals surface area contributed by atoms with Crippen molar-refractivity contribution in [2.24, 2.45) is 0 Å². The average molecular weight is 314 g/mol. The maximum atomic E-state index is 12.9. The highest BCUT2D eigenvalue weighted by atomic mass is 19.4. The van der Waals surface area contributed by atoms with Crippen LogP contribution >= 0.6 is 0 Å². The van der Waals surface area contributed by atoms with Crippen LogP contribution in [-0.4, -0.2) is 9.97 Å². The van der Waals surface area contributed by atoms with E-state index in [9.17, 15) is 13.2 Å². The van der Waals surface area contributed by atoms with E-state index in [2.05, 4.69) is 15.3 Å². The average Bonchev–Trinajstić information content (AvgIpc) is 2.54. The summed E-state index contributed by atoms with van der Waals surface area (Å²) in [6.07, 6.45) is -4.63. The number of para-hydroxylation sites is 1. The van der Waals surface area contributed by atoms with Gasteiger partial charge in [-0.3, -0.25) is 0 Å². The van der Waals surface area contributed by atoms with E-state index in [1.807, 2.05) is 6.07 Å². The van der Waals surface area contributed by atoms with Crippen molar-refractivity contribution in [2.45, 2.75) is 6.18 Å². The van der Waals surface area contributed by atoms with Gasteiger partial charge in [0.05, 0.1) is 17.1 Å². The Balaban J connectivity index is 2.09. The normalized spacial score (nSPS) is 11.2. The Kier molecular flexibility index (Phi) is 3.58. The van der Waals surface area contributed by atoms with Crippen LogP contribution in [0.25, 0.3) is 10.9 Å². The molecule has 0 amide bonds. The van der Waals surface area contributed by atoms with Gasteiger partial charge in [-0.1, -0.05) is 12.1 Å². The summed E-state index contributed by atoms with van der Waals surface area (Å²) in [5.74, 6) is -1.14. The zero-order chi connectivity index (χ0) is 16.4. The third-order valence-electron chi connectivity index (χ3n) is 3.13. The van der Waals surface area contributed by atoms with Gasteiger partial charge in [-0.2, -0.15) is 18.4 Å². The molecule has 1 aromatic heterocycles. The number of aromatic nitrogens is 2. The molecule has 0 aliphatic heterocycles. The van der Waals surface area contributed by atoms with Crippen LogP contribution in [0.3, 0.4) is 0 Å². The van der Waals surface area contributed by atoms with Crippen molar-refractivity contribution in [3.8, 4) is 6.07 Å². The number of benzene rings is 2. The molecule has 0 aliphatic rings. The largest absolute Gasteiger partial charge is 0.451 e. The van der Waals surface area contributed by atoms with Gasteiger partial charge < -0.3 is 5.32 Å². The summed E-state index contributed by atoms with van der Waals surface area (Å²) in [5, 5.41) is 12.1. The molecule has 4 nitrogen and oxygen atoms in total. The molecule has 3 aromatic rings. The van der Waals surface area contributed by atoms with Crippen LogP contribution < -0.4 is 5.32 Å². The number of fused-ring (bicyclic) bond motifs is 1. The second-order valence-electron chi connectivity index (χ2n) is 4.72. The minimum atomic E-state index is -4.63. The second kappa shape index (κ2) is 5.57. The minimum Gasteiger partial charge on any atom is -0.340 e. The van der Waals surface area contributed by atoms with Gasteiger partial charge in [0, 0.05) is 11.1 Å². The number of anilines is 2. The molecule has 1 N–H and O–H groups in total. The summed E-state index contributed by atoms with van der Waals surface area (Å²) < 4.78 is 38.8. The van der Waals surface area contributed by atoms with E-state index in [4.69, 9.17) is 5.26 Å². The van der Waals surface area contributed by atoms with E-state index in [-0.39, 0.29) is 11.3 Å². The highest BCUT2D eigenvalue weighted by molar-refractivity contribution is 5.90. The number of halogens is 3. The smallest absolute Gasteiger partial charge is 0.340 e. The predicted molar refractivity (Wildman–Crippen MR) is 79.0 cm³/mol. The molecule has 2 aromatic carbocycles. The molecule has 0 fully saturated rings. The lowest BCUT2D eigenvalue weighted by Crippen LogP contribution is -2.12. The van der Waals surface area contributed by atoms with Gasteiger partial charge in [-0.25, -0.2) is 9.97 Å². The quantitative estimate of drug-likeness (QED) is 0.767. The summed E-state index contributed by atoms with van der Waals surface area (Å²) in [7, 11) is 0. The van der Waals surface area contributed by atoms with E-state index in [0.717, 1.165) is 0 Å².